The van der Waals surface area contributed by atoms with Gasteiger partial charge < -0.3 is 16.2 Å². The molecule has 2 aromatic carbocycles. The van der Waals surface area contributed by atoms with Crippen molar-refractivity contribution in [2.24, 2.45) is 5.73 Å². The highest BCUT2D eigenvalue weighted by atomic mass is 16.3. The molecule has 26 heavy (non-hydrogen) atoms. The van der Waals surface area contributed by atoms with Crippen molar-refractivity contribution in [2.75, 3.05) is 11.9 Å². The van der Waals surface area contributed by atoms with Gasteiger partial charge in [-0.15, -0.1) is 0 Å². The Balaban J connectivity index is 1.92. The molecule has 0 bridgehead atoms. The molecule has 1 heterocycles. The van der Waals surface area contributed by atoms with E-state index in [1.165, 1.54) is 5.56 Å². The Morgan fingerprint density at radius 1 is 1.12 bits per heavy atom. The highest BCUT2D eigenvalue weighted by Crippen LogP contribution is 2.32. The number of rotatable bonds is 6. The van der Waals surface area contributed by atoms with Crippen molar-refractivity contribution in [2.45, 2.75) is 26.3 Å². The number of benzene rings is 2. The summed E-state index contributed by atoms with van der Waals surface area (Å²) in [4.78, 5) is 8.85. The van der Waals surface area contributed by atoms with Crippen LogP contribution in [0.4, 0.5) is 5.82 Å². The van der Waals surface area contributed by atoms with Crippen molar-refractivity contribution < 1.29 is 5.11 Å². The van der Waals surface area contributed by atoms with Crippen LogP contribution in [-0.4, -0.2) is 27.7 Å². The first kappa shape index (κ1) is 17.9. The largest absolute Gasteiger partial charge is 0.507 e. The third-order valence-corrected chi connectivity index (χ3v) is 4.31. The van der Waals surface area contributed by atoms with E-state index in [2.05, 4.69) is 34.3 Å². The summed E-state index contributed by atoms with van der Waals surface area (Å²) in [5.41, 5.74) is 9.84. The highest BCUT2D eigenvalue weighted by molar-refractivity contribution is 5.75. The van der Waals surface area contributed by atoms with Gasteiger partial charge in [-0.1, -0.05) is 42.8 Å². The van der Waals surface area contributed by atoms with E-state index in [-0.39, 0.29) is 11.8 Å². The Morgan fingerprint density at radius 2 is 1.92 bits per heavy atom. The number of phenols is 1. The number of hydrogen-bond donors (Lipinski definition) is 3. The number of nitrogens with zero attached hydrogens (tertiary/aromatic N) is 2. The van der Waals surface area contributed by atoms with Crippen molar-refractivity contribution >= 4 is 5.82 Å². The average molecular weight is 348 g/mol. The second-order valence-electron chi connectivity index (χ2n) is 6.42. The van der Waals surface area contributed by atoms with Crippen molar-refractivity contribution in [3.63, 3.8) is 0 Å². The van der Waals surface area contributed by atoms with Crippen LogP contribution >= 0.6 is 0 Å². The maximum Gasteiger partial charge on any atom is 0.165 e. The smallest absolute Gasteiger partial charge is 0.165 e. The standard InChI is InChI=1S/C21H24N4O/c1-3-17(22)13-24-20-9-10-23-21(25-20)18-12-16(7-8-19(18)26)15-6-4-5-14(2)11-15/h4-12,17,26H,3,13,22H2,1-2H3,(H,23,24,25). The topological polar surface area (TPSA) is 84.1 Å². The summed E-state index contributed by atoms with van der Waals surface area (Å²) in [6.07, 6.45) is 2.57. The molecule has 5 heteroatoms. The third-order valence-electron chi connectivity index (χ3n) is 4.31. The van der Waals surface area contributed by atoms with E-state index in [9.17, 15) is 5.11 Å². The fourth-order valence-corrected chi connectivity index (χ4v) is 2.69. The zero-order valence-corrected chi connectivity index (χ0v) is 15.1. The lowest BCUT2D eigenvalue weighted by molar-refractivity contribution is 0.477. The molecule has 0 aliphatic rings. The van der Waals surface area contributed by atoms with E-state index >= 15 is 0 Å². The summed E-state index contributed by atoms with van der Waals surface area (Å²) < 4.78 is 0. The summed E-state index contributed by atoms with van der Waals surface area (Å²) in [7, 11) is 0. The molecular weight excluding hydrogens is 324 g/mol. The molecule has 0 amide bonds. The first-order valence-electron chi connectivity index (χ1n) is 8.79. The van der Waals surface area contributed by atoms with Gasteiger partial charge >= 0.3 is 0 Å². The van der Waals surface area contributed by atoms with Crippen LogP contribution in [-0.2, 0) is 0 Å². The molecule has 3 rings (SSSR count). The minimum Gasteiger partial charge on any atom is -0.507 e. The van der Waals surface area contributed by atoms with E-state index in [0.29, 0.717) is 23.8 Å². The Bertz CT molecular complexity index is 895. The number of aryl methyl sites for hydroxylation is 1. The van der Waals surface area contributed by atoms with Gasteiger partial charge in [0.05, 0.1) is 5.56 Å². The second kappa shape index (κ2) is 7.97. The SMILES string of the molecule is CCC(N)CNc1ccnc(-c2cc(-c3cccc(C)c3)ccc2O)n1. The molecule has 134 valence electrons. The summed E-state index contributed by atoms with van der Waals surface area (Å²) >= 11 is 0. The van der Waals surface area contributed by atoms with E-state index < -0.39 is 0 Å². The van der Waals surface area contributed by atoms with Gasteiger partial charge in [0, 0.05) is 18.8 Å². The summed E-state index contributed by atoms with van der Waals surface area (Å²) in [6, 6.07) is 15.6. The maximum atomic E-state index is 10.3. The van der Waals surface area contributed by atoms with Crippen LogP contribution in [0.2, 0.25) is 0 Å². The molecule has 0 aliphatic heterocycles. The molecule has 0 fully saturated rings. The molecule has 5 nitrogen and oxygen atoms in total. The van der Waals surface area contributed by atoms with Crippen LogP contribution in [0.3, 0.4) is 0 Å². The molecule has 1 atom stereocenters. The molecule has 4 N–H and O–H groups in total. The monoisotopic (exact) mass is 348 g/mol. The van der Waals surface area contributed by atoms with Gasteiger partial charge in [-0.3, -0.25) is 0 Å². The van der Waals surface area contributed by atoms with Crippen molar-refractivity contribution in [1.29, 1.82) is 0 Å². The number of nitrogens with two attached hydrogens (primary N) is 1. The van der Waals surface area contributed by atoms with Gasteiger partial charge in [-0.05, 0) is 42.7 Å². The van der Waals surface area contributed by atoms with Gasteiger partial charge in [0.2, 0.25) is 0 Å². The molecule has 0 saturated heterocycles. The normalized spacial score (nSPS) is 12.0. The summed E-state index contributed by atoms with van der Waals surface area (Å²) in [5.74, 6) is 1.33. The Labute approximate surface area is 153 Å². The van der Waals surface area contributed by atoms with Crippen LogP contribution in [0.15, 0.2) is 54.7 Å². The number of aromatic nitrogens is 2. The van der Waals surface area contributed by atoms with Gasteiger partial charge in [-0.25, -0.2) is 9.97 Å². The van der Waals surface area contributed by atoms with Gasteiger partial charge in [0.15, 0.2) is 5.82 Å². The molecule has 3 aromatic rings. The lowest BCUT2D eigenvalue weighted by Crippen LogP contribution is -2.28. The molecular formula is C21H24N4O. The predicted molar refractivity (Wildman–Crippen MR) is 106 cm³/mol. The zero-order valence-electron chi connectivity index (χ0n) is 15.1. The predicted octanol–water partition coefficient (Wildman–Crippen LogP) is 3.97. The number of nitrogens with one attached hydrogen (secondary N) is 1. The lowest BCUT2D eigenvalue weighted by Gasteiger charge is -2.12. The highest BCUT2D eigenvalue weighted by Gasteiger charge is 2.11. The fourth-order valence-electron chi connectivity index (χ4n) is 2.69. The minimum atomic E-state index is 0.0754. The first-order valence-corrected chi connectivity index (χ1v) is 8.79. The molecule has 1 aromatic heterocycles. The van der Waals surface area contributed by atoms with Crippen LogP contribution in [0.5, 0.6) is 5.75 Å². The van der Waals surface area contributed by atoms with Crippen molar-refractivity contribution in [1.82, 2.24) is 9.97 Å². The molecule has 0 aliphatic carbocycles. The second-order valence-corrected chi connectivity index (χ2v) is 6.42. The van der Waals surface area contributed by atoms with E-state index in [1.807, 2.05) is 31.2 Å². The van der Waals surface area contributed by atoms with Crippen LogP contribution in [0, 0.1) is 6.92 Å². The van der Waals surface area contributed by atoms with E-state index in [4.69, 9.17) is 5.73 Å². The lowest BCUT2D eigenvalue weighted by atomic mass is 10.0. The van der Waals surface area contributed by atoms with Crippen LogP contribution < -0.4 is 11.1 Å². The Kier molecular flexibility index (Phi) is 5.49. The van der Waals surface area contributed by atoms with Crippen molar-refractivity contribution in [3.8, 4) is 28.3 Å². The molecule has 0 spiro atoms. The summed E-state index contributed by atoms with van der Waals surface area (Å²) in [6.45, 7) is 4.75. The molecule has 0 radical (unpaired) electrons. The minimum absolute atomic E-state index is 0.0754. The van der Waals surface area contributed by atoms with Crippen LogP contribution in [0.25, 0.3) is 22.5 Å². The molecule has 1 unspecified atom stereocenters. The first-order chi connectivity index (χ1) is 12.6. The van der Waals surface area contributed by atoms with Gasteiger partial charge in [0.1, 0.15) is 11.6 Å². The number of anilines is 1. The maximum absolute atomic E-state index is 10.3. The van der Waals surface area contributed by atoms with Crippen molar-refractivity contribution in [3.05, 3.63) is 60.3 Å². The number of phenolic OH excluding ortho intramolecular Hbond substituents is 1. The van der Waals surface area contributed by atoms with E-state index in [0.717, 1.165) is 17.5 Å². The quantitative estimate of drug-likeness (QED) is 0.628. The zero-order chi connectivity index (χ0) is 18.5. The average Bonchev–Trinajstić information content (AvgIpc) is 2.66. The Morgan fingerprint density at radius 3 is 2.69 bits per heavy atom. The Hall–Kier alpha value is -2.92. The number of hydrogen-bond acceptors (Lipinski definition) is 5. The van der Waals surface area contributed by atoms with Gasteiger partial charge in [-0.2, -0.15) is 0 Å². The fraction of sp³-hybridized carbons (Fsp3) is 0.238. The third kappa shape index (κ3) is 4.18. The molecule has 0 saturated carbocycles. The summed E-state index contributed by atoms with van der Waals surface area (Å²) in [5, 5.41) is 13.5. The van der Waals surface area contributed by atoms with E-state index in [1.54, 1.807) is 18.3 Å². The number of aromatic hydroxyl groups is 1. The van der Waals surface area contributed by atoms with Gasteiger partial charge in [0.25, 0.3) is 0 Å². The van der Waals surface area contributed by atoms with Crippen LogP contribution in [0.1, 0.15) is 18.9 Å².